The van der Waals surface area contributed by atoms with Gasteiger partial charge >= 0.3 is 0 Å². The number of thioether (sulfide) groups is 1. The molecule has 1 unspecified atom stereocenters. The van der Waals surface area contributed by atoms with E-state index in [1.54, 1.807) is 7.11 Å². The zero-order valence-corrected chi connectivity index (χ0v) is 12.6. The van der Waals surface area contributed by atoms with Gasteiger partial charge in [0.2, 0.25) is 0 Å². The summed E-state index contributed by atoms with van der Waals surface area (Å²) in [5.74, 6) is 3.34. The monoisotopic (exact) mass is 265 g/mol. The average molecular weight is 265 g/mol. The Morgan fingerprint density at radius 2 is 2.11 bits per heavy atom. The van der Waals surface area contributed by atoms with E-state index in [2.05, 4.69) is 44.3 Å². The van der Waals surface area contributed by atoms with E-state index in [1.165, 1.54) is 16.9 Å². The molecule has 0 aliphatic carbocycles. The lowest BCUT2D eigenvalue weighted by Gasteiger charge is -2.27. The average Bonchev–Trinajstić information content (AvgIpc) is 2.38. The van der Waals surface area contributed by atoms with Gasteiger partial charge in [-0.15, -0.1) is 0 Å². The number of ether oxygens (including phenoxy) is 1. The standard InChI is InChI=1S/C15H23NOS/c1-15(2,3)11-5-6-14(17-4)12(9-11)13-10-18-8-7-16-13/h5-6,9,13,16H,7-8,10H2,1-4H3. The van der Waals surface area contributed by atoms with E-state index in [9.17, 15) is 0 Å². The zero-order valence-electron chi connectivity index (χ0n) is 11.7. The fourth-order valence-electron chi connectivity index (χ4n) is 2.24. The first kappa shape index (κ1) is 13.8. The molecule has 1 aromatic rings. The Bertz CT molecular complexity index is 405. The molecule has 1 saturated heterocycles. The minimum Gasteiger partial charge on any atom is -0.496 e. The number of hydrogen-bond acceptors (Lipinski definition) is 3. The van der Waals surface area contributed by atoms with E-state index in [-0.39, 0.29) is 5.41 Å². The smallest absolute Gasteiger partial charge is 0.123 e. The lowest BCUT2D eigenvalue weighted by atomic mass is 9.85. The second kappa shape index (κ2) is 5.54. The molecule has 1 aliphatic heterocycles. The summed E-state index contributed by atoms with van der Waals surface area (Å²) in [4.78, 5) is 0. The number of benzene rings is 1. The highest BCUT2D eigenvalue weighted by atomic mass is 32.2. The molecule has 2 nitrogen and oxygen atoms in total. The quantitative estimate of drug-likeness (QED) is 0.886. The summed E-state index contributed by atoms with van der Waals surface area (Å²) in [5.41, 5.74) is 2.86. The van der Waals surface area contributed by atoms with Crippen LogP contribution in [0.5, 0.6) is 5.75 Å². The molecule has 0 radical (unpaired) electrons. The van der Waals surface area contributed by atoms with Gasteiger partial charge in [0.1, 0.15) is 5.75 Å². The molecule has 1 N–H and O–H groups in total. The first-order valence-corrected chi connectivity index (χ1v) is 7.67. The molecule has 1 aliphatic rings. The molecule has 3 heteroatoms. The molecule has 18 heavy (non-hydrogen) atoms. The Kier molecular flexibility index (Phi) is 4.23. The van der Waals surface area contributed by atoms with Crippen LogP contribution in [0.2, 0.25) is 0 Å². The van der Waals surface area contributed by atoms with Crippen molar-refractivity contribution in [2.24, 2.45) is 0 Å². The fraction of sp³-hybridized carbons (Fsp3) is 0.600. The van der Waals surface area contributed by atoms with E-state index in [0.29, 0.717) is 6.04 Å². The molecular formula is C15H23NOS. The second-order valence-corrected chi connectivity index (χ2v) is 6.94. The van der Waals surface area contributed by atoms with E-state index in [1.807, 2.05) is 11.8 Å². The highest BCUT2D eigenvalue weighted by Crippen LogP contribution is 2.33. The van der Waals surface area contributed by atoms with Gasteiger partial charge in [0.15, 0.2) is 0 Å². The SMILES string of the molecule is COc1ccc(C(C)(C)C)cc1C1CSCCN1. The molecule has 100 valence electrons. The lowest BCUT2D eigenvalue weighted by molar-refractivity contribution is 0.401. The maximum absolute atomic E-state index is 5.52. The Balaban J connectivity index is 2.35. The summed E-state index contributed by atoms with van der Waals surface area (Å²) < 4.78 is 5.52. The van der Waals surface area contributed by atoms with E-state index >= 15 is 0 Å². The van der Waals surface area contributed by atoms with Crippen molar-refractivity contribution >= 4 is 11.8 Å². The van der Waals surface area contributed by atoms with Gasteiger partial charge in [0.25, 0.3) is 0 Å². The summed E-state index contributed by atoms with van der Waals surface area (Å²) in [6.45, 7) is 7.84. The van der Waals surface area contributed by atoms with Crippen molar-refractivity contribution in [2.45, 2.75) is 32.2 Å². The van der Waals surface area contributed by atoms with Gasteiger partial charge in [-0.25, -0.2) is 0 Å². The minimum atomic E-state index is 0.183. The zero-order chi connectivity index (χ0) is 13.2. The van der Waals surface area contributed by atoms with E-state index < -0.39 is 0 Å². The minimum absolute atomic E-state index is 0.183. The van der Waals surface area contributed by atoms with Crippen LogP contribution in [0.3, 0.4) is 0 Å². The van der Waals surface area contributed by atoms with Gasteiger partial charge < -0.3 is 10.1 Å². The van der Waals surface area contributed by atoms with Crippen molar-refractivity contribution in [1.29, 1.82) is 0 Å². The molecular weight excluding hydrogens is 242 g/mol. The van der Waals surface area contributed by atoms with Crippen molar-refractivity contribution in [1.82, 2.24) is 5.32 Å². The largest absolute Gasteiger partial charge is 0.496 e. The van der Waals surface area contributed by atoms with Gasteiger partial charge in [0, 0.05) is 29.7 Å². The Morgan fingerprint density at radius 1 is 1.33 bits per heavy atom. The molecule has 0 aromatic heterocycles. The highest BCUT2D eigenvalue weighted by Gasteiger charge is 2.22. The van der Waals surface area contributed by atoms with Gasteiger partial charge in [-0.2, -0.15) is 11.8 Å². The lowest BCUT2D eigenvalue weighted by Crippen LogP contribution is -2.30. The van der Waals surface area contributed by atoms with Crippen molar-refractivity contribution in [3.05, 3.63) is 29.3 Å². The Labute approximate surface area is 114 Å². The normalized spacial score (nSPS) is 20.8. The van der Waals surface area contributed by atoms with Crippen LogP contribution in [0, 0.1) is 0 Å². The maximum Gasteiger partial charge on any atom is 0.123 e. The Morgan fingerprint density at radius 3 is 2.67 bits per heavy atom. The fourth-order valence-corrected chi connectivity index (χ4v) is 3.20. The first-order valence-electron chi connectivity index (χ1n) is 6.52. The predicted octanol–water partition coefficient (Wildman–Crippen LogP) is 3.37. The van der Waals surface area contributed by atoms with Crippen LogP contribution in [-0.4, -0.2) is 25.2 Å². The summed E-state index contributed by atoms with van der Waals surface area (Å²) in [5, 5.41) is 3.59. The van der Waals surface area contributed by atoms with Crippen LogP contribution < -0.4 is 10.1 Å². The molecule has 1 heterocycles. The summed E-state index contributed by atoms with van der Waals surface area (Å²) in [7, 11) is 1.76. The summed E-state index contributed by atoms with van der Waals surface area (Å²) in [6.07, 6.45) is 0. The van der Waals surface area contributed by atoms with Gasteiger partial charge in [-0.1, -0.05) is 26.8 Å². The third-order valence-corrected chi connectivity index (χ3v) is 4.45. The van der Waals surface area contributed by atoms with Crippen LogP contribution in [0.4, 0.5) is 0 Å². The number of methoxy groups -OCH3 is 1. The van der Waals surface area contributed by atoms with Crippen molar-refractivity contribution in [2.75, 3.05) is 25.2 Å². The molecule has 1 fully saturated rings. The van der Waals surface area contributed by atoms with Crippen LogP contribution in [-0.2, 0) is 5.41 Å². The summed E-state index contributed by atoms with van der Waals surface area (Å²) in [6, 6.07) is 7.01. The van der Waals surface area contributed by atoms with Gasteiger partial charge in [-0.3, -0.25) is 0 Å². The molecule has 2 rings (SSSR count). The third kappa shape index (κ3) is 3.01. The molecule has 1 atom stereocenters. The predicted molar refractivity (Wildman–Crippen MR) is 79.8 cm³/mol. The third-order valence-electron chi connectivity index (χ3n) is 3.39. The second-order valence-electron chi connectivity index (χ2n) is 5.79. The van der Waals surface area contributed by atoms with Crippen LogP contribution in [0.15, 0.2) is 18.2 Å². The number of hydrogen-bond donors (Lipinski definition) is 1. The highest BCUT2D eigenvalue weighted by molar-refractivity contribution is 7.99. The van der Waals surface area contributed by atoms with Gasteiger partial charge in [0.05, 0.1) is 7.11 Å². The van der Waals surface area contributed by atoms with Crippen molar-refractivity contribution in [3.63, 3.8) is 0 Å². The molecule has 0 spiro atoms. The van der Waals surface area contributed by atoms with Gasteiger partial charge in [-0.05, 0) is 23.1 Å². The molecule has 0 amide bonds. The number of rotatable bonds is 2. The van der Waals surface area contributed by atoms with E-state index in [4.69, 9.17) is 4.74 Å². The molecule has 0 bridgehead atoms. The maximum atomic E-state index is 5.52. The topological polar surface area (TPSA) is 21.3 Å². The van der Waals surface area contributed by atoms with Crippen molar-refractivity contribution < 1.29 is 4.74 Å². The van der Waals surface area contributed by atoms with Crippen molar-refractivity contribution in [3.8, 4) is 5.75 Å². The van der Waals surface area contributed by atoms with Crippen LogP contribution in [0.1, 0.15) is 37.9 Å². The van der Waals surface area contributed by atoms with Crippen LogP contribution in [0.25, 0.3) is 0 Å². The first-order chi connectivity index (χ1) is 8.52. The van der Waals surface area contributed by atoms with Crippen LogP contribution >= 0.6 is 11.8 Å². The summed E-state index contributed by atoms with van der Waals surface area (Å²) >= 11 is 2.01. The Hall–Kier alpha value is -0.670. The molecule has 1 aromatic carbocycles. The van der Waals surface area contributed by atoms with E-state index in [0.717, 1.165) is 18.0 Å². The number of nitrogens with one attached hydrogen (secondary N) is 1. The molecule has 0 saturated carbocycles.